The van der Waals surface area contributed by atoms with Crippen LogP contribution in [0.2, 0.25) is 0 Å². The number of thiazole rings is 1. The minimum Gasteiger partial charge on any atom is -0.370 e. The van der Waals surface area contributed by atoms with E-state index in [2.05, 4.69) is 41.4 Å². The fraction of sp³-hybridized carbons (Fsp3) is 0.778. The summed E-state index contributed by atoms with van der Waals surface area (Å²) < 4.78 is 0. The number of hydrogen-bond acceptors (Lipinski definition) is 4. The maximum Gasteiger partial charge on any atom is 0.188 e. The molecule has 2 heterocycles. The molecular weight excluding hydrogens is 445 g/mol. The first kappa shape index (κ1) is 22.5. The van der Waals surface area contributed by atoms with Gasteiger partial charge in [-0.3, -0.25) is 4.99 Å². The Morgan fingerprint density at radius 3 is 2.72 bits per heavy atom. The van der Waals surface area contributed by atoms with E-state index in [0.29, 0.717) is 18.5 Å². The van der Waals surface area contributed by atoms with Gasteiger partial charge in [-0.25, -0.2) is 4.98 Å². The van der Waals surface area contributed by atoms with Gasteiger partial charge in [0.15, 0.2) is 11.1 Å². The monoisotopic (exact) mass is 479 g/mol. The molecule has 7 heteroatoms. The van der Waals surface area contributed by atoms with Crippen LogP contribution in [0, 0.1) is 5.92 Å². The van der Waals surface area contributed by atoms with E-state index < -0.39 is 0 Å². The first-order chi connectivity index (χ1) is 11.5. The second-order valence-electron chi connectivity index (χ2n) is 7.20. The van der Waals surface area contributed by atoms with Gasteiger partial charge in [-0.05, 0) is 32.1 Å². The predicted molar refractivity (Wildman–Crippen MR) is 120 cm³/mol. The number of anilines is 1. The van der Waals surface area contributed by atoms with E-state index in [1.54, 1.807) is 11.3 Å². The van der Waals surface area contributed by atoms with Gasteiger partial charge in [-0.15, -0.1) is 35.3 Å². The standard InChI is InChI=1S/C18H33N5S.HI/c1-14(2)7-6-8-15(3)21-17(19)20-10-9-16-13-24-18(22-16)23-11-4-5-12-23;/h13-15H,4-12H2,1-3H3,(H3,19,20,21);1H. The van der Waals surface area contributed by atoms with Crippen LogP contribution in [-0.2, 0) is 6.42 Å². The molecule has 25 heavy (non-hydrogen) atoms. The van der Waals surface area contributed by atoms with Gasteiger partial charge < -0.3 is 16.0 Å². The molecule has 1 unspecified atom stereocenters. The average molecular weight is 479 g/mol. The summed E-state index contributed by atoms with van der Waals surface area (Å²) in [5, 5.41) is 6.61. The number of halogens is 1. The molecule has 144 valence electrons. The number of aromatic nitrogens is 1. The molecular formula is C18H34IN5S. The molecule has 0 bridgehead atoms. The lowest BCUT2D eigenvalue weighted by Gasteiger charge is -2.15. The van der Waals surface area contributed by atoms with Crippen molar-refractivity contribution in [3.05, 3.63) is 11.1 Å². The number of nitrogens with one attached hydrogen (secondary N) is 1. The van der Waals surface area contributed by atoms with Crippen LogP contribution in [0.15, 0.2) is 10.4 Å². The molecule has 0 amide bonds. The van der Waals surface area contributed by atoms with Crippen molar-refractivity contribution in [1.29, 1.82) is 0 Å². The van der Waals surface area contributed by atoms with Gasteiger partial charge in [0.1, 0.15) is 0 Å². The van der Waals surface area contributed by atoms with E-state index >= 15 is 0 Å². The average Bonchev–Trinajstić information content (AvgIpc) is 3.17. The molecule has 0 aliphatic carbocycles. The third-order valence-corrected chi connectivity index (χ3v) is 5.33. The molecule has 0 radical (unpaired) electrons. The summed E-state index contributed by atoms with van der Waals surface area (Å²) in [7, 11) is 0. The largest absolute Gasteiger partial charge is 0.370 e. The van der Waals surface area contributed by atoms with Gasteiger partial charge in [0.2, 0.25) is 0 Å². The van der Waals surface area contributed by atoms with Crippen LogP contribution in [0.5, 0.6) is 0 Å². The molecule has 2 rings (SSSR count). The van der Waals surface area contributed by atoms with E-state index in [4.69, 9.17) is 10.7 Å². The molecule has 3 N–H and O–H groups in total. The van der Waals surface area contributed by atoms with Crippen LogP contribution >= 0.6 is 35.3 Å². The zero-order chi connectivity index (χ0) is 17.4. The molecule has 1 aromatic rings. The quantitative estimate of drug-likeness (QED) is 0.319. The number of nitrogens with zero attached hydrogens (tertiary/aromatic N) is 3. The van der Waals surface area contributed by atoms with Gasteiger partial charge in [-0.2, -0.15) is 0 Å². The predicted octanol–water partition coefficient (Wildman–Crippen LogP) is 4.02. The molecule has 1 fully saturated rings. The molecule has 1 aliphatic rings. The van der Waals surface area contributed by atoms with Crippen LogP contribution in [-0.4, -0.2) is 36.6 Å². The topological polar surface area (TPSA) is 66.5 Å². The highest BCUT2D eigenvalue weighted by molar-refractivity contribution is 14.0. The smallest absolute Gasteiger partial charge is 0.188 e. The Balaban J connectivity index is 0.00000312. The van der Waals surface area contributed by atoms with E-state index in [1.165, 1.54) is 25.7 Å². The Bertz CT molecular complexity index is 511. The van der Waals surface area contributed by atoms with Crippen LogP contribution in [0.25, 0.3) is 0 Å². The van der Waals surface area contributed by atoms with Crippen molar-refractivity contribution < 1.29 is 0 Å². The van der Waals surface area contributed by atoms with Crippen molar-refractivity contribution in [2.24, 2.45) is 16.6 Å². The summed E-state index contributed by atoms with van der Waals surface area (Å²) in [6.45, 7) is 9.70. The van der Waals surface area contributed by atoms with Crippen LogP contribution < -0.4 is 16.0 Å². The minimum atomic E-state index is 0. The highest BCUT2D eigenvalue weighted by Gasteiger charge is 2.15. The highest BCUT2D eigenvalue weighted by Crippen LogP contribution is 2.24. The number of hydrogen-bond donors (Lipinski definition) is 2. The SMILES string of the molecule is CC(C)CCCC(C)NC(N)=NCCc1csc(N2CCCC2)n1.I. The lowest BCUT2D eigenvalue weighted by Crippen LogP contribution is -2.38. The maximum absolute atomic E-state index is 5.99. The molecule has 1 saturated heterocycles. The normalized spacial score (nSPS) is 16.2. The van der Waals surface area contributed by atoms with E-state index in [9.17, 15) is 0 Å². The van der Waals surface area contributed by atoms with Gasteiger partial charge in [0.05, 0.1) is 5.69 Å². The summed E-state index contributed by atoms with van der Waals surface area (Å²) in [5.74, 6) is 1.33. The molecule has 5 nitrogen and oxygen atoms in total. The van der Waals surface area contributed by atoms with E-state index in [1.807, 2.05) is 0 Å². The Morgan fingerprint density at radius 1 is 1.32 bits per heavy atom. The first-order valence-corrected chi connectivity index (χ1v) is 10.2. The highest BCUT2D eigenvalue weighted by atomic mass is 127. The second-order valence-corrected chi connectivity index (χ2v) is 8.04. The van der Waals surface area contributed by atoms with Crippen molar-refractivity contribution >= 4 is 46.4 Å². The molecule has 0 aromatic carbocycles. The Hall–Kier alpha value is -0.570. The van der Waals surface area contributed by atoms with Gasteiger partial charge in [0.25, 0.3) is 0 Å². The third kappa shape index (κ3) is 8.57. The van der Waals surface area contributed by atoms with Crippen molar-refractivity contribution in [2.45, 2.75) is 65.3 Å². The lowest BCUT2D eigenvalue weighted by atomic mass is 10.0. The Kier molecular flexibility index (Phi) is 10.7. The number of rotatable bonds is 9. The van der Waals surface area contributed by atoms with E-state index in [-0.39, 0.29) is 24.0 Å². The minimum absolute atomic E-state index is 0. The Morgan fingerprint density at radius 2 is 2.04 bits per heavy atom. The van der Waals surface area contributed by atoms with Gasteiger partial charge >= 0.3 is 0 Å². The second kappa shape index (κ2) is 11.9. The zero-order valence-corrected chi connectivity index (χ0v) is 19.0. The van der Waals surface area contributed by atoms with Crippen molar-refractivity contribution in [3.8, 4) is 0 Å². The fourth-order valence-corrected chi connectivity index (χ4v) is 3.87. The summed E-state index contributed by atoms with van der Waals surface area (Å²) >= 11 is 1.75. The number of nitrogens with two attached hydrogens (primary N) is 1. The van der Waals surface area contributed by atoms with Crippen LogP contribution in [0.1, 0.15) is 58.6 Å². The fourth-order valence-electron chi connectivity index (χ4n) is 2.96. The maximum atomic E-state index is 5.99. The lowest BCUT2D eigenvalue weighted by molar-refractivity contribution is 0.493. The molecule has 1 aromatic heterocycles. The molecule has 1 atom stereocenters. The van der Waals surface area contributed by atoms with Crippen LogP contribution in [0.4, 0.5) is 5.13 Å². The zero-order valence-electron chi connectivity index (χ0n) is 15.8. The van der Waals surface area contributed by atoms with Crippen LogP contribution in [0.3, 0.4) is 0 Å². The van der Waals surface area contributed by atoms with Gasteiger partial charge in [-0.1, -0.05) is 26.7 Å². The summed E-state index contributed by atoms with van der Waals surface area (Å²) in [6, 6.07) is 0.383. The molecule has 0 saturated carbocycles. The molecule has 1 aliphatic heterocycles. The third-order valence-electron chi connectivity index (χ3n) is 4.38. The summed E-state index contributed by atoms with van der Waals surface area (Å²) in [6.07, 6.45) is 7.07. The van der Waals surface area contributed by atoms with Crippen molar-refractivity contribution in [1.82, 2.24) is 10.3 Å². The number of aliphatic imine (C=N–C) groups is 1. The molecule has 0 spiro atoms. The number of guanidine groups is 1. The first-order valence-electron chi connectivity index (χ1n) is 9.30. The van der Waals surface area contributed by atoms with E-state index in [0.717, 1.165) is 42.7 Å². The van der Waals surface area contributed by atoms with Gasteiger partial charge in [0, 0.05) is 37.5 Å². The summed E-state index contributed by atoms with van der Waals surface area (Å²) in [4.78, 5) is 11.5. The Labute approximate surface area is 173 Å². The van der Waals surface area contributed by atoms with Crippen molar-refractivity contribution in [3.63, 3.8) is 0 Å². The summed E-state index contributed by atoms with van der Waals surface area (Å²) in [5.41, 5.74) is 7.12. The van der Waals surface area contributed by atoms with Crippen molar-refractivity contribution in [2.75, 3.05) is 24.5 Å².